The number of nitrogens with zero attached hydrogens (tertiary/aromatic N) is 1. The lowest BCUT2D eigenvalue weighted by atomic mass is 10.1. The van der Waals surface area contributed by atoms with Crippen molar-refractivity contribution in [3.8, 4) is 11.3 Å². The number of hydrogen-bond donors (Lipinski definition) is 1. The van der Waals surface area contributed by atoms with Gasteiger partial charge in [-0.05, 0) is 70.5 Å². The number of anilines is 1. The average Bonchev–Trinajstić information content (AvgIpc) is 3.17. The first-order valence-electron chi connectivity index (χ1n) is 8.56. The van der Waals surface area contributed by atoms with E-state index in [2.05, 4.69) is 21.2 Å². The van der Waals surface area contributed by atoms with Crippen molar-refractivity contribution >= 4 is 68.7 Å². The lowest BCUT2D eigenvalue weighted by Gasteiger charge is -2.26. The van der Waals surface area contributed by atoms with E-state index in [0.29, 0.717) is 15.8 Å². The molecule has 4 rings (SSSR count). The van der Waals surface area contributed by atoms with Crippen molar-refractivity contribution < 1.29 is 18.8 Å². The monoisotopic (exact) mass is 504 g/mol. The van der Waals surface area contributed by atoms with Crippen molar-refractivity contribution in [3.63, 3.8) is 0 Å². The second kappa shape index (κ2) is 8.10. The zero-order valence-corrected chi connectivity index (χ0v) is 18.1. The third-order valence-corrected chi connectivity index (χ3v) is 5.79. The first-order valence-corrected chi connectivity index (χ1v) is 10.1. The van der Waals surface area contributed by atoms with Crippen LogP contribution in [0.4, 0.5) is 10.5 Å². The van der Waals surface area contributed by atoms with Crippen LogP contribution in [0.25, 0.3) is 17.4 Å². The minimum atomic E-state index is -0.839. The fourth-order valence-electron chi connectivity index (χ4n) is 2.86. The number of furan rings is 1. The van der Waals surface area contributed by atoms with Gasteiger partial charge in [-0.25, -0.2) is 9.69 Å². The molecular weight excluding hydrogens is 495 g/mol. The quantitative estimate of drug-likeness (QED) is 0.366. The first-order chi connectivity index (χ1) is 14.3. The Morgan fingerprint density at radius 3 is 2.40 bits per heavy atom. The maximum atomic E-state index is 12.9. The van der Waals surface area contributed by atoms with Crippen LogP contribution in [0.5, 0.6) is 0 Å². The maximum absolute atomic E-state index is 12.9. The average molecular weight is 506 g/mol. The number of imide groups is 2. The molecule has 0 aliphatic carbocycles. The van der Waals surface area contributed by atoms with Gasteiger partial charge in [-0.2, -0.15) is 0 Å². The van der Waals surface area contributed by atoms with Crippen molar-refractivity contribution in [2.45, 2.75) is 0 Å². The van der Waals surface area contributed by atoms with E-state index in [1.54, 1.807) is 36.4 Å². The number of rotatable bonds is 3. The van der Waals surface area contributed by atoms with Crippen molar-refractivity contribution in [2.24, 2.45) is 0 Å². The molecule has 0 radical (unpaired) electrons. The number of barbiturate groups is 1. The first kappa shape index (κ1) is 20.4. The van der Waals surface area contributed by atoms with Gasteiger partial charge >= 0.3 is 6.03 Å². The van der Waals surface area contributed by atoms with E-state index in [0.717, 1.165) is 14.9 Å². The number of hydrogen-bond acceptors (Lipinski definition) is 4. The van der Waals surface area contributed by atoms with Crippen molar-refractivity contribution in [3.05, 3.63) is 80.4 Å². The second-order valence-corrected chi connectivity index (χ2v) is 7.96. The molecule has 150 valence electrons. The van der Waals surface area contributed by atoms with Gasteiger partial charge in [0.15, 0.2) is 0 Å². The normalized spacial score (nSPS) is 15.6. The molecular formula is C21H11BrCl2N2O4. The Bertz CT molecular complexity index is 1220. The Morgan fingerprint density at radius 2 is 1.70 bits per heavy atom. The molecule has 6 nitrogen and oxygen atoms in total. The van der Waals surface area contributed by atoms with E-state index < -0.39 is 17.8 Å². The fourth-order valence-corrected chi connectivity index (χ4v) is 3.41. The predicted molar refractivity (Wildman–Crippen MR) is 117 cm³/mol. The molecule has 4 amide bonds. The summed E-state index contributed by atoms with van der Waals surface area (Å²) in [6.07, 6.45) is 1.29. The van der Waals surface area contributed by atoms with Crippen LogP contribution >= 0.6 is 39.1 Å². The second-order valence-electron chi connectivity index (χ2n) is 6.27. The Balaban J connectivity index is 1.67. The number of benzene rings is 2. The number of carbonyl (C=O) groups excluding carboxylic acids is 3. The molecule has 0 bridgehead atoms. The van der Waals surface area contributed by atoms with E-state index in [1.807, 2.05) is 6.07 Å². The molecule has 2 aromatic carbocycles. The fraction of sp³-hybridized carbons (Fsp3) is 0. The van der Waals surface area contributed by atoms with Gasteiger partial charge in [-0.1, -0.05) is 29.3 Å². The third-order valence-electron chi connectivity index (χ3n) is 4.30. The lowest BCUT2D eigenvalue weighted by molar-refractivity contribution is -0.122. The van der Waals surface area contributed by atoms with Gasteiger partial charge in [0.2, 0.25) is 0 Å². The molecule has 1 aliphatic heterocycles. The third kappa shape index (κ3) is 3.92. The van der Waals surface area contributed by atoms with Crippen molar-refractivity contribution in [1.29, 1.82) is 0 Å². The molecule has 3 aromatic rings. The molecule has 0 unspecified atom stereocenters. The SMILES string of the molecule is O=C1NC(=O)N(c2ccc(Cl)cc2)C(=O)/C1=C/c1ccc(-c2ccc(Br)c(Cl)c2)o1. The Kier molecular flexibility index (Phi) is 5.51. The Hall–Kier alpha value is -2.87. The highest BCUT2D eigenvalue weighted by atomic mass is 79.9. The standard InChI is InChI=1S/C21H11BrCl2N2O4/c22-16-7-1-11(9-17(16)24)18-8-6-14(30-18)10-15-19(27)25-21(29)26(20(15)28)13-4-2-12(23)3-5-13/h1-10H,(H,25,27,29)/b15-10+. The summed E-state index contributed by atoms with van der Waals surface area (Å²) in [4.78, 5) is 38.2. The molecule has 1 N–H and O–H groups in total. The minimum Gasteiger partial charge on any atom is -0.457 e. The summed E-state index contributed by atoms with van der Waals surface area (Å²) < 4.78 is 6.49. The summed E-state index contributed by atoms with van der Waals surface area (Å²) in [5, 5.41) is 3.12. The minimum absolute atomic E-state index is 0.237. The highest BCUT2D eigenvalue weighted by molar-refractivity contribution is 9.10. The predicted octanol–water partition coefficient (Wildman–Crippen LogP) is 5.68. The lowest BCUT2D eigenvalue weighted by Crippen LogP contribution is -2.54. The van der Waals surface area contributed by atoms with E-state index in [9.17, 15) is 14.4 Å². The van der Waals surface area contributed by atoms with Crippen LogP contribution < -0.4 is 10.2 Å². The van der Waals surface area contributed by atoms with Gasteiger partial charge in [-0.3, -0.25) is 14.9 Å². The zero-order valence-electron chi connectivity index (χ0n) is 15.0. The summed E-state index contributed by atoms with van der Waals surface area (Å²) in [6.45, 7) is 0. The number of nitrogens with one attached hydrogen (secondary N) is 1. The summed E-state index contributed by atoms with van der Waals surface area (Å²) in [7, 11) is 0. The summed E-state index contributed by atoms with van der Waals surface area (Å²) in [5.41, 5.74) is 0.773. The van der Waals surface area contributed by atoms with Crippen LogP contribution in [-0.2, 0) is 9.59 Å². The van der Waals surface area contributed by atoms with Crippen LogP contribution in [0.3, 0.4) is 0 Å². The van der Waals surface area contributed by atoms with E-state index in [1.165, 1.54) is 18.2 Å². The van der Waals surface area contributed by atoms with Gasteiger partial charge in [0, 0.05) is 15.1 Å². The molecule has 30 heavy (non-hydrogen) atoms. The van der Waals surface area contributed by atoms with Crippen LogP contribution in [0.15, 0.2) is 69.1 Å². The smallest absolute Gasteiger partial charge is 0.335 e. The van der Waals surface area contributed by atoms with Gasteiger partial charge in [0.1, 0.15) is 17.1 Å². The van der Waals surface area contributed by atoms with Gasteiger partial charge in [0.05, 0.1) is 10.7 Å². The van der Waals surface area contributed by atoms with Crippen LogP contribution in [-0.4, -0.2) is 17.8 Å². The molecule has 1 aliphatic rings. The molecule has 1 aromatic heterocycles. The van der Waals surface area contributed by atoms with Crippen LogP contribution in [0.1, 0.15) is 5.76 Å². The summed E-state index contributed by atoms with van der Waals surface area (Å²) >= 11 is 15.3. The molecule has 0 spiro atoms. The van der Waals surface area contributed by atoms with Crippen LogP contribution in [0.2, 0.25) is 10.0 Å². The van der Waals surface area contributed by atoms with Gasteiger partial charge < -0.3 is 4.42 Å². The topological polar surface area (TPSA) is 79.6 Å². The Labute approximate surface area is 189 Å². The highest BCUT2D eigenvalue weighted by Crippen LogP contribution is 2.31. The van der Waals surface area contributed by atoms with Gasteiger partial charge in [-0.15, -0.1) is 0 Å². The highest BCUT2D eigenvalue weighted by Gasteiger charge is 2.37. The maximum Gasteiger partial charge on any atom is 0.335 e. The molecule has 1 fully saturated rings. The Morgan fingerprint density at radius 1 is 0.967 bits per heavy atom. The number of urea groups is 1. The van der Waals surface area contributed by atoms with Gasteiger partial charge in [0.25, 0.3) is 11.8 Å². The molecule has 1 saturated heterocycles. The van der Waals surface area contributed by atoms with E-state index in [4.69, 9.17) is 27.6 Å². The summed E-state index contributed by atoms with van der Waals surface area (Å²) in [5.74, 6) is -0.797. The number of carbonyl (C=O) groups is 3. The number of halogens is 3. The van der Waals surface area contributed by atoms with Crippen molar-refractivity contribution in [1.82, 2.24) is 5.32 Å². The van der Waals surface area contributed by atoms with E-state index >= 15 is 0 Å². The van der Waals surface area contributed by atoms with Crippen LogP contribution in [0, 0.1) is 0 Å². The molecule has 2 heterocycles. The number of amides is 4. The summed E-state index contributed by atoms with van der Waals surface area (Å²) in [6, 6.07) is 13.9. The van der Waals surface area contributed by atoms with Crippen molar-refractivity contribution in [2.75, 3.05) is 4.90 Å². The van der Waals surface area contributed by atoms with E-state index in [-0.39, 0.29) is 17.0 Å². The molecule has 0 atom stereocenters. The molecule has 9 heteroatoms. The molecule has 0 saturated carbocycles. The largest absolute Gasteiger partial charge is 0.457 e. The zero-order chi connectivity index (χ0) is 21.4.